The standard InChI is InChI=1S/C17H29NO2S/c1-6-17(14-18-5,15-10-8-7-9-11-15)12-13-21(19,20)16(2,3)4/h7-11,18H,6,12-14H2,1-5H3. The van der Waals surface area contributed by atoms with Gasteiger partial charge in [0.15, 0.2) is 9.84 Å². The van der Waals surface area contributed by atoms with Gasteiger partial charge < -0.3 is 5.32 Å². The Morgan fingerprint density at radius 3 is 2.10 bits per heavy atom. The van der Waals surface area contributed by atoms with E-state index in [1.54, 1.807) is 20.8 Å². The minimum atomic E-state index is -3.10. The summed E-state index contributed by atoms with van der Waals surface area (Å²) in [5.41, 5.74) is 1.08. The van der Waals surface area contributed by atoms with Crippen LogP contribution in [0.5, 0.6) is 0 Å². The van der Waals surface area contributed by atoms with E-state index < -0.39 is 14.6 Å². The fourth-order valence-corrected chi connectivity index (χ4v) is 3.88. The minimum absolute atomic E-state index is 0.131. The Kier molecular flexibility index (Phi) is 6.00. The van der Waals surface area contributed by atoms with Gasteiger partial charge in [-0.05, 0) is 46.2 Å². The molecule has 21 heavy (non-hydrogen) atoms. The molecule has 0 aliphatic carbocycles. The molecule has 4 heteroatoms. The van der Waals surface area contributed by atoms with Crippen molar-refractivity contribution in [2.45, 2.75) is 50.7 Å². The summed E-state index contributed by atoms with van der Waals surface area (Å²) in [5.74, 6) is 0.223. The lowest BCUT2D eigenvalue weighted by Gasteiger charge is -2.34. The quantitative estimate of drug-likeness (QED) is 0.841. The molecule has 0 aromatic heterocycles. The van der Waals surface area contributed by atoms with Crippen LogP contribution >= 0.6 is 0 Å². The highest BCUT2D eigenvalue weighted by Crippen LogP contribution is 2.33. The smallest absolute Gasteiger partial charge is 0.155 e. The van der Waals surface area contributed by atoms with Crippen molar-refractivity contribution in [3.63, 3.8) is 0 Å². The summed E-state index contributed by atoms with van der Waals surface area (Å²) in [6, 6.07) is 10.2. The largest absolute Gasteiger partial charge is 0.319 e. The Hall–Kier alpha value is -0.870. The topological polar surface area (TPSA) is 46.2 Å². The van der Waals surface area contributed by atoms with Crippen LogP contribution in [0.25, 0.3) is 0 Å². The van der Waals surface area contributed by atoms with Crippen molar-refractivity contribution in [1.82, 2.24) is 5.32 Å². The Morgan fingerprint density at radius 1 is 1.10 bits per heavy atom. The molecule has 0 heterocycles. The van der Waals surface area contributed by atoms with Gasteiger partial charge in [-0.3, -0.25) is 0 Å². The molecule has 1 aromatic rings. The second-order valence-electron chi connectivity index (χ2n) is 6.71. The molecule has 0 spiro atoms. The first-order chi connectivity index (χ1) is 9.68. The van der Waals surface area contributed by atoms with Crippen LogP contribution in [-0.2, 0) is 15.3 Å². The Morgan fingerprint density at radius 2 is 1.67 bits per heavy atom. The third-order valence-corrected chi connectivity index (χ3v) is 6.97. The van der Waals surface area contributed by atoms with Crippen LogP contribution in [0.2, 0.25) is 0 Å². The molecule has 1 N–H and O–H groups in total. The summed E-state index contributed by atoms with van der Waals surface area (Å²) in [7, 11) is -1.17. The molecule has 120 valence electrons. The summed E-state index contributed by atoms with van der Waals surface area (Å²) < 4.78 is 24.2. The van der Waals surface area contributed by atoms with E-state index >= 15 is 0 Å². The first-order valence-electron chi connectivity index (χ1n) is 7.61. The fraction of sp³-hybridized carbons (Fsp3) is 0.647. The Bertz CT molecular complexity index is 532. The van der Waals surface area contributed by atoms with Gasteiger partial charge in [-0.25, -0.2) is 8.42 Å². The summed E-state index contributed by atoms with van der Waals surface area (Å²) in [6.45, 7) is 8.24. The normalized spacial score (nSPS) is 15.7. The molecule has 0 amide bonds. The van der Waals surface area contributed by atoms with Crippen molar-refractivity contribution in [3.05, 3.63) is 35.9 Å². The predicted molar refractivity (Wildman–Crippen MR) is 90.5 cm³/mol. The third-order valence-electron chi connectivity index (χ3n) is 4.36. The maximum absolute atomic E-state index is 12.4. The molecule has 0 saturated heterocycles. The number of rotatable bonds is 7. The zero-order chi connectivity index (χ0) is 16.1. The van der Waals surface area contributed by atoms with Gasteiger partial charge in [0.2, 0.25) is 0 Å². The van der Waals surface area contributed by atoms with E-state index in [0.717, 1.165) is 13.0 Å². The second kappa shape index (κ2) is 6.93. The van der Waals surface area contributed by atoms with E-state index in [1.807, 2.05) is 25.2 Å². The van der Waals surface area contributed by atoms with Crippen molar-refractivity contribution in [1.29, 1.82) is 0 Å². The van der Waals surface area contributed by atoms with Crippen molar-refractivity contribution in [3.8, 4) is 0 Å². The Balaban J connectivity index is 3.06. The van der Waals surface area contributed by atoms with Gasteiger partial charge in [-0.2, -0.15) is 0 Å². The lowest BCUT2D eigenvalue weighted by molar-refractivity contribution is 0.379. The van der Waals surface area contributed by atoms with E-state index in [2.05, 4.69) is 24.4 Å². The number of sulfone groups is 1. The SMILES string of the molecule is CCC(CCS(=O)(=O)C(C)(C)C)(CNC)c1ccccc1. The van der Waals surface area contributed by atoms with Crippen LogP contribution < -0.4 is 5.32 Å². The molecule has 0 saturated carbocycles. The first kappa shape index (κ1) is 18.2. The van der Waals surface area contributed by atoms with Crippen LogP contribution in [0.15, 0.2) is 30.3 Å². The van der Waals surface area contributed by atoms with Crippen LogP contribution in [0.4, 0.5) is 0 Å². The molecular weight excluding hydrogens is 282 g/mol. The molecule has 1 rings (SSSR count). The lowest BCUT2D eigenvalue weighted by Crippen LogP contribution is -2.40. The maximum Gasteiger partial charge on any atom is 0.155 e. The van der Waals surface area contributed by atoms with E-state index in [9.17, 15) is 8.42 Å². The number of hydrogen-bond acceptors (Lipinski definition) is 3. The van der Waals surface area contributed by atoms with E-state index in [4.69, 9.17) is 0 Å². The molecule has 0 bridgehead atoms. The van der Waals surface area contributed by atoms with Crippen LogP contribution in [0.1, 0.15) is 46.1 Å². The molecule has 1 atom stereocenters. The summed E-state index contributed by atoms with van der Waals surface area (Å²) >= 11 is 0. The predicted octanol–water partition coefficient (Wildman–Crippen LogP) is 3.16. The minimum Gasteiger partial charge on any atom is -0.319 e. The van der Waals surface area contributed by atoms with Gasteiger partial charge in [-0.15, -0.1) is 0 Å². The van der Waals surface area contributed by atoms with Crippen molar-refractivity contribution in [2.75, 3.05) is 19.3 Å². The van der Waals surface area contributed by atoms with E-state index in [1.165, 1.54) is 5.56 Å². The molecular formula is C17H29NO2S. The maximum atomic E-state index is 12.4. The highest BCUT2D eigenvalue weighted by molar-refractivity contribution is 7.92. The number of hydrogen-bond donors (Lipinski definition) is 1. The molecule has 0 aliphatic rings. The van der Waals surface area contributed by atoms with Crippen LogP contribution in [-0.4, -0.2) is 32.5 Å². The van der Waals surface area contributed by atoms with E-state index in [-0.39, 0.29) is 11.2 Å². The lowest BCUT2D eigenvalue weighted by atomic mass is 9.76. The summed E-state index contributed by atoms with van der Waals surface area (Å²) in [6.07, 6.45) is 1.56. The molecule has 1 aromatic carbocycles. The average Bonchev–Trinajstić information content (AvgIpc) is 2.43. The van der Waals surface area contributed by atoms with Gasteiger partial charge in [0.1, 0.15) is 0 Å². The molecule has 0 radical (unpaired) electrons. The Labute approximate surface area is 130 Å². The van der Waals surface area contributed by atoms with Gasteiger partial charge in [0.05, 0.1) is 10.5 Å². The van der Waals surface area contributed by atoms with Gasteiger partial charge in [0.25, 0.3) is 0 Å². The number of likely N-dealkylation sites (N-methyl/N-ethyl adjacent to an activating group) is 1. The zero-order valence-corrected chi connectivity index (χ0v) is 14.8. The molecule has 0 aliphatic heterocycles. The number of benzene rings is 1. The van der Waals surface area contributed by atoms with Crippen LogP contribution in [0, 0.1) is 0 Å². The summed E-state index contributed by atoms with van der Waals surface area (Å²) in [5, 5.41) is 3.24. The van der Waals surface area contributed by atoms with Crippen LogP contribution in [0.3, 0.4) is 0 Å². The average molecular weight is 311 g/mol. The van der Waals surface area contributed by atoms with E-state index in [0.29, 0.717) is 6.42 Å². The number of nitrogens with one attached hydrogen (secondary N) is 1. The highest BCUT2D eigenvalue weighted by atomic mass is 32.2. The monoisotopic (exact) mass is 311 g/mol. The molecule has 1 unspecified atom stereocenters. The fourth-order valence-electron chi connectivity index (χ4n) is 2.61. The van der Waals surface area contributed by atoms with Crippen molar-refractivity contribution in [2.24, 2.45) is 0 Å². The highest BCUT2D eigenvalue weighted by Gasteiger charge is 2.35. The summed E-state index contributed by atoms with van der Waals surface area (Å²) in [4.78, 5) is 0. The van der Waals surface area contributed by atoms with Gasteiger partial charge in [-0.1, -0.05) is 37.3 Å². The molecule has 0 fully saturated rings. The first-order valence-corrected chi connectivity index (χ1v) is 9.26. The zero-order valence-electron chi connectivity index (χ0n) is 13.9. The second-order valence-corrected chi connectivity index (χ2v) is 9.57. The third kappa shape index (κ3) is 4.30. The van der Waals surface area contributed by atoms with Gasteiger partial charge in [0, 0.05) is 12.0 Å². The van der Waals surface area contributed by atoms with Crippen molar-refractivity contribution < 1.29 is 8.42 Å². The van der Waals surface area contributed by atoms with Gasteiger partial charge >= 0.3 is 0 Å². The molecule has 3 nitrogen and oxygen atoms in total. The van der Waals surface area contributed by atoms with Crippen molar-refractivity contribution >= 4 is 9.84 Å².